The fourth-order valence-electron chi connectivity index (χ4n) is 3.34. The summed E-state index contributed by atoms with van der Waals surface area (Å²) in [5.41, 5.74) is 8.58. The minimum atomic E-state index is -0.413. The van der Waals surface area contributed by atoms with Crippen LogP contribution in [0.3, 0.4) is 0 Å². The number of nitrogens with zero attached hydrogens (tertiary/aromatic N) is 1. The molecule has 1 saturated heterocycles. The number of amides is 1. The van der Waals surface area contributed by atoms with Gasteiger partial charge in [-0.1, -0.05) is 23.6 Å². The van der Waals surface area contributed by atoms with Gasteiger partial charge in [-0.05, 0) is 60.3 Å². The Bertz CT molecular complexity index is 1220. The van der Waals surface area contributed by atoms with E-state index >= 15 is 0 Å². The highest BCUT2D eigenvalue weighted by molar-refractivity contribution is 8.00. The number of thioether (sulfide) groups is 1. The van der Waals surface area contributed by atoms with Gasteiger partial charge in [0.2, 0.25) is 0 Å². The van der Waals surface area contributed by atoms with Crippen molar-refractivity contribution in [2.75, 3.05) is 13.7 Å². The van der Waals surface area contributed by atoms with Crippen molar-refractivity contribution in [1.29, 1.82) is 5.26 Å². The van der Waals surface area contributed by atoms with Crippen LogP contribution in [0.2, 0.25) is 0 Å². The van der Waals surface area contributed by atoms with Crippen LogP contribution in [0.4, 0.5) is 4.39 Å². The van der Waals surface area contributed by atoms with Crippen molar-refractivity contribution in [1.82, 2.24) is 21.5 Å². The van der Waals surface area contributed by atoms with Crippen molar-refractivity contribution in [2.24, 2.45) is 0 Å². The summed E-state index contributed by atoms with van der Waals surface area (Å²) < 4.78 is 19.3. The van der Waals surface area contributed by atoms with Crippen LogP contribution in [-0.2, 0) is 4.79 Å². The molecule has 0 radical (unpaired) electrons. The molecule has 2 aromatic carbocycles. The lowest BCUT2D eigenvalue weighted by molar-refractivity contribution is -0.117. The molecule has 7 nitrogen and oxygen atoms in total. The van der Waals surface area contributed by atoms with Crippen LogP contribution in [0.25, 0.3) is 5.57 Å². The molecule has 2 aliphatic heterocycles. The van der Waals surface area contributed by atoms with Crippen molar-refractivity contribution in [3.8, 4) is 23.7 Å². The standard InChI is InChI=1S/C24H20FN5O2S/c1-32-21-8-7-17(25)12-19(21)20-14-27-11-10-18(20)23(31)28-24-30-29-22(33-24)9-6-15-2-4-16(13-26)5-3-15/h2-5,7-8,10-12,22,24,27,29-30H,14H2,1H3,(H,28,31). The number of dihydropyridines is 1. The normalized spacial score (nSPS) is 19.2. The number of carbonyl (C=O) groups is 1. The number of hydrogen-bond donors (Lipinski definition) is 4. The molecule has 1 fully saturated rings. The number of hydrogen-bond acceptors (Lipinski definition) is 7. The highest BCUT2D eigenvalue weighted by Gasteiger charge is 2.27. The van der Waals surface area contributed by atoms with Gasteiger partial charge in [0.05, 0.1) is 18.7 Å². The molecule has 4 rings (SSSR count). The molecule has 2 heterocycles. The second kappa shape index (κ2) is 10.2. The minimum absolute atomic E-state index is 0.244. The maximum atomic E-state index is 13.9. The Hall–Kier alpha value is -3.76. The van der Waals surface area contributed by atoms with Gasteiger partial charge >= 0.3 is 0 Å². The molecule has 0 bridgehead atoms. The number of nitrogens with one attached hydrogen (secondary N) is 4. The van der Waals surface area contributed by atoms with Crippen molar-refractivity contribution in [3.05, 3.63) is 82.8 Å². The molecule has 33 heavy (non-hydrogen) atoms. The van der Waals surface area contributed by atoms with Gasteiger partial charge in [0.1, 0.15) is 22.4 Å². The van der Waals surface area contributed by atoms with E-state index in [0.717, 1.165) is 5.56 Å². The topological polar surface area (TPSA) is 98.2 Å². The predicted molar refractivity (Wildman–Crippen MR) is 125 cm³/mol. The Kier molecular flexibility index (Phi) is 6.96. The van der Waals surface area contributed by atoms with Crippen LogP contribution >= 0.6 is 11.8 Å². The fourth-order valence-corrected chi connectivity index (χ4v) is 4.18. The number of halogens is 1. The summed E-state index contributed by atoms with van der Waals surface area (Å²) in [6, 6.07) is 13.3. The van der Waals surface area contributed by atoms with Gasteiger partial charge in [-0.3, -0.25) is 4.79 Å². The van der Waals surface area contributed by atoms with Gasteiger partial charge in [0.25, 0.3) is 5.91 Å². The number of ether oxygens (including phenoxy) is 1. The van der Waals surface area contributed by atoms with Crippen LogP contribution in [0.5, 0.6) is 5.75 Å². The van der Waals surface area contributed by atoms with E-state index < -0.39 is 11.3 Å². The molecule has 0 saturated carbocycles. The number of carbonyl (C=O) groups excluding carboxylic acids is 1. The summed E-state index contributed by atoms with van der Waals surface area (Å²) in [6.45, 7) is 0.362. The molecule has 9 heteroatoms. The molecular weight excluding hydrogens is 441 g/mol. The van der Waals surface area contributed by atoms with Gasteiger partial charge in [-0.2, -0.15) is 5.26 Å². The van der Waals surface area contributed by atoms with E-state index in [1.165, 1.54) is 31.0 Å². The lowest BCUT2D eigenvalue weighted by Gasteiger charge is -2.20. The fraction of sp³-hybridized carbons (Fsp3) is 0.167. The molecule has 166 valence electrons. The largest absolute Gasteiger partial charge is 0.496 e. The van der Waals surface area contributed by atoms with Crippen LogP contribution in [0, 0.1) is 29.0 Å². The SMILES string of the molecule is COc1ccc(F)cc1C1=C(C(=O)NC2NNC(C#Cc3ccc(C#N)cc3)S2)C=CNC1. The highest BCUT2D eigenvalue weighted by atomic mass is 32.2. The number of methoxy groups -OCH3 is 1. The van der Waals surface area contributed by atoms with E-state index in [-0.39, 0.29) is 11.3 Å². The highest BCUT2D eigenvalue weighted by Crippen LogP contribution is 2.31. The summed E-state index contributed by atoms with van der Waals surface area (Å²) in [4.78, 5) is 13.0. The third kappa shape index (κ3) is 5.36. The minimum Gasteiger partial charge on any atom is -0.496 e. The number of nitriles is 1. The molecule has 4 N–H and O–H groups in total. The summed E-state index contributed by atoms with van der Waals surface area (Å²) >= 11 is 1.41. The molecule has 2 aliphatic rings. The first-order valence-corrected chi connectivity index (χ1v) is 11.0. The van der Waals surface area contributed by atoms with E-state index in [1.807, 2.05) is 0 Å². The number of benzene rings is 2. The molecule has 2 atom stereocenters. The quantitative estimate of drug-likeness (QED) is 0.518. The zero-order valence-corrected chi connectivity index (χ0v) is 18.4. The zero-order valence-electron chi connectivity index (χ0n) is 17.6. The maximum Gasteiger partial charge on any atom is 0.253 e. The van der Waals surface area contributed by atoms with E-state index in [4.69, 9.17) is 10.00 Å². The molecule has 0 aromatic heterocycles. The molecular formula is C24H20FN5O2S. The molecule has 2 aromatic rings. The average Bonchev–Trinajstić information content (AvgIpc) is 3.30. The smallest absolute Gasteiger partial charge is 0.253 e. The Morgan fingerprint density at radius 3 is 2.76 bits per heavy atom. The van der Waals surface area contributed by atoms with Crippen LogP contribution in [-0.4, -0.2) is 30.4 Å². The van der Waals surface area contributed by atoms with E-state index in [9.17, 15) is 9.18 Å². The molecule has 0 aliphatic carbocycles. The monoisotopic (exact) mass is 461 g/mol. The molecule has 2 unspecified atom stereocenters. The Labute approximate surface area is 195 Å². The van der Waals surface area contributed by atoms with Gasteiger partial charge < -0.3 is 15.4 Å². The number of hydrazine groups is 1. The summed E-state index contributed by atoms with van der Waals surface area (Å²) in [6.07, 6.45) is 3.34. The number of rotatable bonds is 4. The Morgan fingerprint density at radius 2 is 2.00 bits per heavy atom. The second-order valence-corrected chi connectivity index (χ2v) is 8.28. The van der Waals surface area contributed by atoms with E-state index in [0.29, 0.717) is 34.6 Å². The lowest BCUT2D eigenvalue weighted by Crippen LogP contribution is -2.44. The predicted octanol–water partition coefficient (Wildman–Crippen LogP) is 2.20. The van der Waals surface area contributed by atoms with Crippen molar-refractivity contribution >= 4 is 23.2 Å². The molecule has 1 amide bonds. The lowest BCUT2D eigenvalue weighted by atomic mass is 9.96. The second-order valence-electron chi connectivity index (χ2n) is 7.07. The van der Waals surface area contributed by atoms with Gasteiger partial charge in [0.15, 0.2) is 0 Å². The summed E-state index contributed by atoms with van der Waals surface area (Å²) in [5.74, 6) is 5.91. The first kappa shape index (κ1) is 22.4. The van der Waals surface area contributed by atoms with Gasteiger partial charge in [0, 0.05) is 23.2 Å². The van der Waals surface area contributed by atoms with Gasteiger partial charge in [-0.15, -0.1) is 0 Å². The Morgan fingerprint density at radius 1 is 1.21 bits per heavy atom. The molecule has 0 spiro atoms. The van der Waals surface area contributed by atoms with E-state index in [2.05, 4.69) is 39.4 Å². The van der Waals surface area contributed by atoms with Crippen LogP contribution in [0.1, 0.15) is 16.7 Å². The first-order chi connectivity index (χ1) is 16.1. The third-order valence-corrected chi connectivity index (χ3v) is 5.96. The van der Waals surface area contributed by atoms with Crippen molar-refractivity contribution in [3.63, 3.8) is 0 Å². The third-order valence-electron chi connectivity index (χ3n) is 4.94. The van der Waals surface area contributed by atoms with Crippen molar-refractivity contribution < 1.29 is 13.9 Å². The summed E-state index contributed by atoms with van der Waals surface area (Å²) in [7, 11) is 1.51. The van der Waals surface area contributed by atoms with Crippen molar-refractivity contribution in [2.45, 2.75) is 10.9 Å². The zero-order chi connectivity index (χ0) is 23.2. The van der Waals surface area contributed by atoms with Crippen LogP contribution in [0.15, 0.2) is 60.3 Å². The van der Waals surface area contributed by atoms with Crippen LogP contribution < -0.4 is 26.2 Å². The summed E-state index contributed by atoms with van der Waals surface area (Å²) in [5, 5.41) is 14.6. The van der Waals surface area contributed by atoms with Gasteiger partial charge in [-0.25, -0.2) is 15.2 Å². The average molecular weight is 462 g/mol. The van der Waals surface area contributed by atoms with E-state index in [1.54, 1.807) is 42.6 Å². The maximum absolute atomic E-state index is 13.9. The first-order valence-electron chi connectivity index (χ1n) is 10.0. The Balaban J connectivity index is 1.46.